The van der Waals surface area contributed by atoms with Gasteiger partial charge in [0, 0.05) is 16.7 Å². The summed E-state index contributed by atoms with van der Waals surface area (Å²) in [5.74, 6) is -0.0479. The zero-order chi connectivity index (χ0) is 25.5. The van der Waals surface area contributed by atoms with Crippen LogP contribution in [0, 0.1) is 11.7 Å². The summed E-state index contributed by atoms with van der Waals surface area (Å²) in [4.78, 5) is 0. The van der Waals surface area contributed by atoms with Crippen LogP contribution >= 0.6 is 0 Å². The van der Waals surface area contributed by atoms with E-state index in [0.717, 1.165) is 41.2 Å². The van der Waals surface area contributed by atoms with Crippen LogP contribution in [0.5, 0.6) is 0 Å². The maximum absolute atomic E-state index is 15.6. The first kappa shape index (κ1) is 23.4. The summed E-state index contributed by atoms with van der Waals surface area (Å²) < 4.78 is 21.8. The molecule has 0 radical (unpaired) electrons. The van der Waals surface area contributed by atoms with Crippen molar-refractivity contribution in [1.82, 2.24) is 16.0 Å². The molecule has 4 unspecified atom stereocenters. The number of allylic oxidation sites excluding steroid dienone is 7. The number of nitrogens with one attached hydrogen (secondary N) is 3. The lowest BCUT2D eigenvalue weighted by molar-refractivity contribution is 0.168. The fourth-order valence-corrected chi connectivity index (χ4v) is 5.87. The Bertz CT molecular complexity index is 1610. The molecular weight excluding hydrogens is 473 g/mol. The van der Waals surface area contributed by atoms with Crippen LogP contribution in [0.3, 0.4) is 0 Å². The van der Waals surface area contributed by atoms with Gasteiger partial charge in [0.05, 0.1) is 24.1 Å². The lowest BCUT2D eigenvalue weighted by Gasteiger charge is -2.42. The molecule has 0 amide bonds. The molecule has 2 heterocycles. The molecule has 0 spiro atoms. The molecule has 1 fully saturated rings. The third-order valence-electron chi connectivity index (χ3n) is 7.86. The first-order chi connectivity index (χ1) is 18.7. The Balaban J connectivity index is 1.27. The highest BCUT2D eigenvalue weighted by molar-refractivity contribution is 6.06. The van der Waals surface area contributed by atoms with Gasteiger partial charge in [-0.1, -0.05) is 85.0 Å². The lowest BCUT2D eigenvalue weighted by Crippen LogP contribution is -2.61. The van der Waals surface area contributed by atoms with E-state index in [2.05, 4.69) is 82.7 Å². The second-order valence-corrected chi connectivity index (χ2v) is 10.3. The van der Waals surface area contributed by atoms with Gasteiger partial charge in [0.1, 0.15) is 17.0 Å². The van der Waals surface area contributed by atoms with Crippen molar-refractivity contribution in [3.63, 3.8) is 0 Å². The highest BCUT2D eigenvalue weighted by Crippen LogP contribution is 2.36. The van der Waals surface area contributed by atoms with Crippen molar-refractivity contribution in [3.8, 4) is 0 Å². The molecule has 1 aliphatic heterocycles. The van der Waals surface area contributed by atoms with Crippen LogP contribution in [-0.2, 0) is 0 Å². The molecule has 0 saturated carbocycles. The van der Waals surface area contributed by atoms with Gasteiger partial charge in [0.15, 0.2) is 0 Å². The minimum atomic E-state index is -0.446. The Morgan fingerprint density at radius 1 is 0.789 bits per heavy atom. The number of hydrogen-bond acceptors (Lipinski definition) is 4. The molecule has 2 aliphatic carbocycles. The van der Waals surface area contributed by atoms with E-state index in [9.17, 15) is 0 Å². The van der Waals surface area contributed by atoms with Crippen LogP contribution in [0.15, 0.2) is 108 Å². The second-order valence-electron chi connectivity index (χ2n) is 10.3. The summed E-state index contributed by atoms with van der Waals surface area (Å²) >= 11 is 0. The van der Waals surface area contributed by atoms with E-state index in [4.69, 9.17) is 4.42 Å². The predicted octanol–water partition coefficient (Wildman–Crippen LogP) is 7.40. The number of benzene rings is 3. The zero-order valence-corrected chi connectivity index (χ0v) is 21.0. The normalized spacial score (nSPS) is 25.2. The van der Waals surface area contributed by atoms with Crippen LogP contribution in [0.25, 0.3) is 27.5 Å². The fraction of sp³-hybridized carbons (Fsp3) is 0.212. The largest absolute Gasteiger partial charge is 0.456 e. The molecule has 4 aromatic rings. The molecule has 38 heavy (non-hydrogen) atoms. The number of para-hydroxylation sites is 1. The fourth-order valence-electron chi connectivity index (χ4n) is 5.87. The number of halogens is 1. The van der Waals surface area contributed by atoms with Crippen LogP contribution in [0.4, 0.5) is 4.39 Å². The topological polar surface area (TPSA) is 49.2 Å². The van der Waals surface area contributed by atoms with Gasteiger partial charge in [0.25, 0.3) is 0 Å². The maximum Gasteiger partial charge on any atom is 0.144 e. The Hall–Kier alpha value is -3.77. The van der Waals surface area contributed by atoms with E-state index in [0.29, 0.717) is 11.1 Å². The van der Waals surface area contributed by atoms with Crippen molar-refractivity contribution in [2.75, 3.05) is 0 Å². The molecule has 1 aromatic heterocycles. The molecule has 3 aliphatic rings. The standard InChI is InChI=1S/C33H30FN3O/c34-27-20-19-26-25-13-7-8-14-28(25)38-30(26)29(27)33-36-31(23-11-5-2-6-12-23)35-32(37-33)24-17-15-22(16-18-24)21-9-3-1-4-10-21/h2-3,5-11,13-20,23,31-33,35-37H,1,4,12H2. The summed E-state index contributed by atoms with van der Waals surface area (Å²) in [6.07, 6.45) is 17.7. The Morgan fingerprint density at radius 3 is 2.47 bits per heavy atom. The predicted molar refractivity (Wildman–Crippen MR) is 152 cm³/mol. The quantitative estimate of drug-likeness (QED) is 0.272. The van der Waals surface area contributed by atoms with Crippen LogP contribution in [-0.4, -0.2) is 6.17 Å². The number of rotatable bonds is 4. The van der Waals surface area contributed by atoms with Gasteiger partial charge >= 0.3 is 0 Å². The monoisotopic (exact) mass is 503 g/mol. The molecular formula is C33H30FN3O. The summed E-state index contributed by atoms with van der Waals surface area (Å²) in [7, 11) is 0. The molecule has 7 rings (SSSR count). The van der Waals surface area contributed by atoms with Gasteiger partial charge in [-0.2, -0.15) is 0 Å². The average molecular weight is 504 g/mol. The SMILES string of the molecule is Fc1ccc2c(oc3ccccc32)c1C1NC(c2ccc(C3=CCCC=C3)cc2)NC(C2C=CC=CC2)N1. The van der Waals surface area contributed by atoms with Crippen molar-refractivity contribution in [1.29, 1.82) is 0 Å². The minimum absolute atomic E-state index is 0.0600. The summed E-state index contributed by atoms with van der Waals surface area (Å²) in [6, 6.07) is 19.9. The van der Waals surface area contributed by atoms with Gasteiger partial charge in [-0.05, 0) is 54.2 Å². The molecule has 5 heteroatoms. The zero-order valence-electron chi connectivity index (χ0n) is 21.0. The smallest absolute Gasteiger partial charge is 0.144 e. The third-order valence-corrected chi connectivity index (χ3v) is 7.86. The highest BCUT2D eigenvalue weighted by Gasteiger charge is 2.35. The first-order valence-corrected chi connectivity index (χ1v) is 13.4. The van der Waals surface area contributed by atoms with Crippen LogP contribution < -0.4 is 16.0 Å². The van der Waals surface area contributed by atoms with E-state index < -0.39 is 6.17 Å². The van der Waals surface area contributed by atoms with Crippen molar-refractivity contribution >= 4 is 27.5 Å². The lowest BCUT2D eigenvalue weighted by atomic mass is 9.94. The van der Waals surface area contributed by atoms with E-state index in [1.807, 2.05) is 30.3 Å². The van der Waals surface area contributed by atoms with Crippen LogP contribution in [0.2, 0.25) is 0 Å². The second kappa shape index (κ2) is 9.84. The van der Waals surface area contributed by atoms with Crippen LogP contribution in [0.1, 0.15) is 48.3 Å². The summed E-state index contributed by atoms with van der Waals surface area (Å²) in [5, 5.41) is 13.0. The Morgan fingerprint density at radius 2 is 1.66 bits per heavy atom. The molecule has 0 bridgehead atoms. The molecule has 4 atom stereocenters. The summed E-state index contributed by atoms with van der Waals surface area (Å²) in [5.41, 5.74) is 5.45. The van der Waals surface area contributed by atoms with Gasteiger partial charge in [-0.25, -0.2) is 4.39 Å². The molecule has 3 aromatic carbocycles. The number of hydrogen-bond donors (Lipinski definition) is 3. The van der Waals surface area contributed by atoms with Crippen molar-refractivity contribution in [2.45, 2.75) is 37.8 Å². The molecule has 1 saturated heterocycles. The van der Waals surface area contributed by atoms with Crippen molar-refractivity contribution in [2.24, 2.45) is 5.92 Å². The molecule has 4 nitrogen and oxygen atoms in total. The van der Waals surface area contributed by atoms with Crippen molar-refractivity contribution < 1.29 is 8.81 Å². The maximum atomic E-state index is 15.6. The van der Waals surface area contributed by atoms with Gasteiger partial charge < -0.3 is 4.42 Å². The van der Waals surface area contributed by atoms with Gasteiger partial charge in [0.2, 0.25) is 0 Å². The van der Waals surface area contributed by atoms with Crippen molar-refractivity contribution in [3.05, 3.63) is 126 Å². The van der Waals surface area contributed by atoms with Gasteiger partial charge in [-0.15, -0.1) is 0 Å². The van der Waals surface area contributed by atoms with E-state index in [-0.39, 0.29) is 24.1 Å². The first-order valence-electron chi connectivity index (χ1n) is 13.4. The minimum Gasteiger partial charge on any atom is -0.456 e. The average Bonchev–Trinajstić information content (AvgIpc) is 3.36. The highest BCUT2D eigenvalue weighted by atomic mass is 19.1. The number of furan rings is 1. The molecule has 190 valence electrons. The molecule has 3 N–H and O–H groups in total. The Kier molecular flexibility index (Phi) is 6.05. The third kappa shape index (κ3) is 4.23. The summed E-state index contributed by atoms with van der Waals surface area (Å²) in [6.45, 7) is 0. The van der Waals surface area contributed by atoms with E-state index in [1.165, 1.54) is 11.1 Å². The Labute approximate surface area is 221 Å². The number of fused-ring (bicyclic) bond motifs is 3. The van der Waals surface area contributed by atoms with E-state index in [1.54, 1.807) is 6.07 Å². The van der Waals surface area contributed by atoms with E-state index >= 15 is 4.39 Å². The van der Waals surface area contributed by atoms with Gasteiger partial charge in [-0.3, -0.25) is 16.0 Å².